The standard InChI is InChI=1S/C14H28N2.C9H12.C8H10.C2H5N.3C2H6/c1-7-16(8-2)11-13(5)10-14(15-6)9-12(3)4;1-3-9-7-5-4-6-8(9)2;1-2-8-6-4-3-5-7-8;1-2-3;3*1-2/h9,13H,7-8,10-11H2,1-6H3;4-7H,3H2,1-2H3;3-7H,2H2,1H3;2H,1,3H2;3*1-2H3. The lowest BCUT2D eigenvalue weighted by Gasteiger charge is -2.22. The van der Waals surface area contributed by atoms with E-state index in [-0.39, 0.29) is 0 Å². The van der Waals surface area contributed by atoms with Crippen molar-refractivity contribution in [1.29, 1.82) is 0 Å². The third-order valence-electron chi connectivity index (χ3n) is 5.66. The molecule has 2 aromatic rings. The van der Waals surface area contributed by atoms with Crippen molar-refractivity contribution in [3.8, 4) is 0 Å². The van der Waals surface area contributed by atoms with Crippen LogP contribution in [0.5, 0.6) is 0 Å². The Labute approximate surface area is 265 Å². The molecule has 1 unspecified atom stereocenters. The maximum atomic E-state index is 4.61. The van der Waals surface area contributed by atoms with Crippen molar-refractivity contribution in [2.75, 3.05) is 26.7 Å². The third-order valence-corrected chi connectivity index (χ3v) is 5.66. The number of nitrogens with two attached hydrogens (primary N) is 1. The summed E-state index contributed by atoms with van der Waals surface area (Å²) in [5.41, 5.74) is 11.4. The van der Waals surface area contributed by atoms with Crippen LogP contribution in [0.4, 0.5) is 0 Å². The predicted octanol–water partition coefficient (Wildman–Crippen LogP) is 11.4. The smallest absolute Gasteiger partial charge is 0.0347 e. The highest BCUT2D eigenvalue weighted by Crippen LogP contribution is 2.09. The van der Waals surface area contributed by atoms with Crippen LogP contribution in [0.25, 0.3) is 0 Å². The first kappa shape index (κ1) is 49.0. The van der Waals surface area contributed by atoms with Gasteiger partial charge in [-0.15, -0.1) is 0 Å². The lowest BCUT2D eigenvalue weighted by atomic mass is 10.0. The van der Waals surface area contributed by atoms with E-state index >= 15 is 0 Å². The zero-order valence-corrected chi connectivity index (χ0v) is 30.8. The van der Waals surface area contributed by atoms with Gasteiger partial charge in [0, 0.05) is 19.3 Å². The highest BCUT2D eigenvalue weighted by atomic mass is 15.1. The number of rotatable bonds is 9. The number of aryl methyl sites for hydroxylation is 3. The summed E-state index contributed by atoms with van der Waals surface area (Å²) < 4.78 is 0. The first-order chi connectivity index (χ1) is 20.2. The first-order valence-electron chi connectivity index (χ1n) is 16.5. The fourth-order valence-corrected chi connectivity index (χ4v) is 3.61. The van der Waals surface area contributed by atoms with Gasteiger partial charge in [-0.3, -0.25) is 4.99 Å². The van der Waals surface area contributed by atoms with Crippen molar-refractivity contribution in [1.82, 2.24) is 4.90 Å². The summed E-state index contributed by atoms with van der Waals surface area (Å²) in [6.45, 7) is 36.1. The van der Waals surface area contributed by atoms with E-state index in [2.05, 4.69) is 132 Å². The molecule has 2 N–H and O–H groups in total. The molecule has 0 amide bonds. The Morgan fingerprint density at radius 1 is 0.833 bits per heavy atom. The van der Waals surface area contributed by atoms with E-state index < -0.39 is 0 Å². The van der Waals surface area contributed by atoms with Crippen molar-refractivity contribution >= 4 is 5.71 Å². The Morgan fingerprint density at radius 2 is 1.29 bits per heavy atom. The molecule has 0 radical (unpaired) electrons. The molecular weight excluding hydrogens is 510 g/mol. The minimum Gasteiger partial charge on any atom is -0.405 e. The lowest BCUT2D eigenvalue weighted by Crippen LogP contribution is -2.29. The molecule has 0 saturated heterocycles. The Morgan fingerprint density at radius 3 is 1.60 bits per heavy atom. The van der Waals surface area contributed by atoms with E-state index in [1.165, 1.54) is 40.7 Å². The van der Waals surface area contributed by atoms with Crippen molar-refractivity contribution in [3.05, 3.63) is 95.7 Å². The van der Waals surface area contributed by atoms with Crippen molar-refractivity contribution in [2.45, 2.75) is 116 Å². The molecule has 0 aliphatic carbocycles. The van der Waals surface area contributed by atoms with Crippen LogP contribution in [0.15, 0.2) is 84.0 Å². The molecule has 0 saturated carbocycles. The number of aliphatic imine (C=N–C) groups is 1. The van der Waals surface area contributed by atoms with Gasteiger partial charge in [0.2, 0.25) is 0 Å². The number of allylic oxidation sites excluding steroid dienone is 2. The van der Waals surface area contributed by atoms with Crippen molar-refractivity contribution in [3.63, 3.8) is 0 Å². The molecule has 3 heteroatoms. The van der Waals surface area contributed by atoms with Gasteiger partial charge < -0.3 is 10.6 Å². The Kier molecular flexibility index (Phi) is 47.3. The third kappa shape index (κ3) is 33.6. The number of hydrogen-bond acceptors (Lipinski definition) is 3. The van der Waals surface area contributed by atoms with Crippen LogP contribution in [-0.4, -0.2) is 37.3 Å². The van der Waals surface area contributed by atoms with Crippen LogP contribution in [0.2, 0.25) is 0 Å². The highest BCUT2D eigenvalue weighted by molar-refractivity contribution is 5.95. The maximum absolute atomic E-state index is 4.61. The van der Waals surface area contributed by atoms with Gasteiger partial charge in [0.05, 0.1) is 0 Å². The molecule has 0 aromatic heterocycles. The Balaban J connectivity index is -0.000000149. The van der Waals surface area contributed by atoms with E-state index in [1.54, 1.807) is 0 Å². The van der Waals surface area contributed by atoms with Gasteiger partial charge in [-0.05, 0) is 88.0 Å². The summed E-state index contributed by atoms with van der Waals surface area (Å²) in [5.74, 6) is 0.675. The molecule has 42 heavy (non-hydrogen) atoms. The lowest BCUT2D eigenvalue weighted by molar-refractivity contribution is 0.264. The SMILES string of the molecule is C=CN.CC.CC.CC.CCN(CC)CC(C)CC(C=C(C)C)=NC.CCc1ccccc1.CCc1ccccc1C. The summed E-state index contributed by atoms with van der Waals surface area (Å²) in [6, 6.07) is 18.9. The second-order valence-electron chi connectivity index (χ2n) is 9.09. The summed E-state index contributed by atoms with van der Waals surface area (Å²) in [4.78, 5) is 6.82. The van der Waals surface area contributed by atoms with Gasteiger partial charge in [0.15, 0.2) is 0 Å². The fourth-order valence-electron chi connectivity index (χ4n) is 3.61. The zero-order valence-electron chi connectivity index (χ0n) is 30.8. The summed E-state index contributed by atoms with van der Waals surface area (Å²) in [7, 11) is 1.89. The van der Waals surface area contributed by atoms with Crippen molar-refractivity contribution < 1.29 is 0 Å². The second-order valence-corrected chi connectivity index (χ2v) is 9.09. The quantitative estimate of drug-likeness (QED) is 0.298. The van der Waals surface area contributed by atoms with E-state index in [1.807, 2.05) is 54.7 Å². The van der Waals surface area contributed by atoms with E-state index in [4.69, 9.17) is 0 Å². The minimum atomic E-state index is 0.675. The highest BCUT2D eigenvalue weighted by Gasteiger charge is 2.09. The largest absolute Gasteiger partial charge is 0.405 e. The molecule has 0 aliphatic heterocycles. The van der Waals surface area contributed by atoms with Gasteiger partial charge in [-0.2, -0.15) is 0 Å². The average Bonchev–Trinajstić information content (AvgIpc) is 3.04. The summed E-state index contributed by atoms with van der Waals surface area (Å²) in [5, 5.41) is 0. The molecule has 0 spiro atoms. The number of benzene rings is 2. The Bertz CT molecular complexity index is 830. The fraction of sp³-hybridized carbons (Fsp3) is 0.564. The molecule has 0 aliphatic rings. The second kappa shape index (κ2) is 40.5. The van der Waals surface area contributed by atoms with Crippen LogP contribution in [0.1, 0.15) is 113 Å². The molecule has 0 bridgehead atoms. The molecular formula is C39H73N3. The monoisotopic (exact) mass is 584 g/mol. The molecule has 2 aromatic carbocycles. The van der Waals surface area contributed by atoms with E-state index in [9.17, 15) is 0 Å². The minimum absolute atomic E-state index is 0.675. The number of nitrogens with zero attached hydrogens (tertiary/aromatic N) is 2. The van der Waals surface area contributed by atoms with Gasteiger partial charge in [-0.1, -0.05) is 143 Å². The van der Waals surface area contributed by atoms with Crippen LogP contribution >= 0.6 is 0 Å². The zero-order chi connectivity index (χ0) is 33.8. The van der Waals surface area contributed by atoms with Gasteiger partial charge in [0.25, 0.3) is 0 Å². The van der Waals surface area contributed by atoms with Crippen LogP contribution in [0.3, 0.4) is 0 Å². The van der Waals surface area contributed by atoms with Crippen LogP contribution in [0, 0.1) is 12.8 Å². The van der Waals surface area contributed by atoms with Crippen LogP contribution < -0.4 is 5.73 Å². The average molecular weight is 584 g/mol. The topological polar surface area (TPSA) is 41.6 Å². The molecule has 0 heterocycles. The molecule has 0 fully saturated rings. The van der Waals surface area contributed by atoms with E-state index in [0.29, 0.717) is 5.92 Å². The van der Waals surface area contributed by atoms with Gasteiger partial charge in [0.1, 0.15) is 0 Å². The van der Waals surface area contributed by atoms with Crippen LogP contribution in [-0.2, 0) is 12.8 Å². The number of hydrogen-bond donors (Lipinski definition) is 1. The van der Waals surface area contributed by atoms with Gasteiger partial charge >= 0.3 is 0 Å². The summed E-state index contributed by atoms with van der Waals surface area (Å²) >= 11 is 0. The molecule has 244 valence electrons. The maximum Gasteiger partial charge on any atom is 0.0347 e. The molecule has 2 rings (SSSR count). The summed E-state index contributed by atoms with van der Waals surface area (Å²) in [6.07, 6.45) is 6.81. The predicted molar refractivity (Wildman–Crippen MR) is 199 cm³/mol. The van der Waals surface area contributed by atoms with Gasteiger partial charge in [-0.25, -0.2) is 0 Å². The van der Waals surface area contributed by atoms with E-state index in [0.717, 1.165) is 32.4 Å². The molecule has 3 nitrogen and oxygen atoms in total. The molecule has 1 atom stereocenters. The normalized spacial score (nSPS) is 9.86. The van der Waals surface area contributed by atoms with Crippen molar-refractivity contribution in [2.24, 2.45) is 16.6 Å². The first-order valence-corrected chi connectivity index (χ1v) is 16.5. The Hall–Kier alpha value is -2.65.